The summed E-state index contributed by atoms with van der Waals surface area (Å²) in [5, 5.41) is 20.9. The lowest BCUT2D eigenvalue weighted by atomic mass is 10.0. The molecule has 0 aliphatic heterocycles. The van der Waals surface area contributed by atoms with Crippen LogP contribution in [0.15, 0.2) is 18.2 Å². The minimum absolute atomic E-state index is 0.323. The van der Waals surface area contributed by atoms with E-state index < -0.39 is 11.9 Å². The molecule has 0 saturated carbocycles. The first kappa shape index (κ1) is 14.2. The topological polar surface area (TPSA) is 80.9 Å². The van der Waals surface area contributed by atoms with E-state index >= 15 is 0 Å². The molecule has 20 heavy (non-hydrogen) atoms. The molecule has 1 N–H and O–H groups in total. The molecule has 0 spiro atoms. The van der Waals surface area contributed by atoms with Gasteiger partial charge in [0.2, 0.25) is 0 Å². The van der Waals surface area contributed by atoms with Crippen molar-refractivity contribution in [3.05, 3.63) is 29.3 Å². The highest BCUT2D eigenvalue weighted by Crippen LogP contribution is 2.28. The molecular formula is C14H18N4O2. The summed E-state index contributed by atoms with van der Waals surface area (Å²) in [6.07, 6.45) is 0. The van der Waals surface area contributed by atoms with Gasteiger partial charge in [-0.15, -0.1) is 5.10 Å². The van der Waals surface area contributed by atoms with E-state index in [4.69, 9.17) is 5.11 Å². The van der Waals surface area contributed by atoms with Crippen LogP contribution < -0.4 is 0 Å². The largest absolute Gasteiger partial charge is 0.481 e. The minimum atomic E-state index is -0.861. The Morgan fingerprint density at radius 2 is 1.85 bits per heavy atom. The van der Waals surface area contributed by atoms with E-state index in [9.17, 15) is 4.79 Å². The fraction of sp³-hybridized carbons (Fsp3) is 0.429. The number of rotatable bonds is 4. The van der Waals surface area contributed by atoms with Crippen molar-refractivity contribution in [1.82, 2.24) is 20.2 Å². The van der Waals surface area contributed by atoms with E-state index in [0.717, 1.165) is 16.7 Å². The summed E-state index contributed by atoms with van der Waals surface area (Å²) in [4.78, 5) is 11.1. The average Bonchev–Trinajstić information content (AvgIpc) is 2.85. The molecular weight excluding hydrogens is 256 g/mol. The molecule has 0 amide bonds. The molecule has 0 aliphatic carbocycles. The second-order valence-corrected chi connectivity index (χ2v) is 5.08. The number of carboxylic acid groups (broad SMARTS) is 1. The number of nitrogens with zero attached hydrogens (tertiary/aromatic N) is 4. The number of carboxylic acids is 1. The molecule has 2 rings (SSSR count). The first-order valence-corrected chi connectivity index (χ1v) is 6.50. The number of benzene rings is 1. The first-order chi connectivity index (χ1) is 9.43. The normalized spacial score (nSPS) is 14.0. The monoisotopic (exact) mass is 274 g/mol. The number of hydrogen-bond acceptors (Lipinski definition) is 4. The maximum atomic E-state index is 11.1. The Balaban J connectivity index is 2.51. The van der Waals surface area contributed by atoms with Crippen LogP contribution in [0.3, 0.4) is 0 Å². The third-order valence-electron chi connectivity index (χ3n) is 3.70. The predicted molar refractivity (Wildman–Crippen MR) is 74.2 cm³/mol. The zero-order valence-corrected chi connectivity index (χ0v) is 12.0. The zero-order chi connectivity index (χ0) is 14.9. The number of tetrazole rings is 1. The van der Waals surface area contributed by atoms with E-state index in [1.165, 1.54) is 0 Å². The van der Waals surface area contributed by atoms with Crippen molar-refractivity contribution in [3.63, 3.8) is 0 Å². The Morgan fingerprint density at radius 3 is 2.40 bits per heavy atom. The lowest BCUT2D eigenvalue weighted by Crippen LogP contribution is -2.23. The second-order valence-electron chi connectivity index (χ2n) is 5.08. The van der Waals surface area contributed by atoms with Gasteiger partial charge >= 0.3 is 5.97 Å². The summed E-state index contributed by atoms with van der Waals surface area (Å²) in [5.74, 6) is -0.816. The van der Waals surface area contributed by atoms with Gasteiger partial charge in [0.25, 0.3) is 0 Å². The van der Waals surface area contributed by atoms with Crippen molar-refractivity contribution >= 4 is 5.97 Å². The van der Waals surface area contributed by atoms with Crippen LogP contribution in [0.1, 0.15) is 31.0 Å². The van der Waals surface area contributed by atoms with Gasteiger partial charge in [-0.2, -0.15) is 0 Å². The van der Waals surface area contributed by atoms with Crippen molar-refractivity contribution in [3.8, 4) is 11.4 Å². The summed E-state index contributed by atoms with van der Waals surface area (Å²) < 4.78 is 1.59. The summed E-state index contributed by atoms with van der Waals surface area (Å²) >= 11 is 0. The molecule has 106 valence electrons. The Hall–Kier alpha value is -2.24. The molecule has 2 aromatic rings. The van der Waals surface area contributed by atoms with Crippen molar-refractivity contribution in [1.29, 1.82) is 0 Å². The highest BCUT2D eigenvalue weighted by atomic mass is 16.4. The van der Waals surface area contributed by atoms with Crippen LogP contribution in [0.4, 0.5) is 0 Å². The molecule has 1 aromatic heterocycles. The smallest absolute Gasteiger partial charge is 0.308 e. The fourth-order valence-electron chi connectivity index (χ4n) is 2.22. The summed E-state index contributed by atoms with van der Waals surface area (Å²) in [6.45, 7) is 7.45. The lowest BCUT2D eigenvalue weighted by Gasteiger charge is -2.18. The Bertz CT molecular complexity index is 616. The molecule has 1 heterocycles. The number of hydrogen-bond donors (Lipinski definition) is 1. The van der Waals surface area contributed by atoms with Gasteiger partial charge in [-0.25, -0.2) is 4.68 Å². The number of aryl methyl sites for hydroxylation is 2. The molecule has 0 aliphatic rings. The minimum Gasteiger partial charge on any atom is -0.481 e. The highest BCUT2D eigenvalue weighted by Gasteiger charge is 2.25. The number of aromatic nitrogens is 4. The predicted octanol–water partition coefficient (Wildman–Crippen LogP) is 2.24. The summed E-state index contributed by atoms with van der Waals surface area (Å²) in [5.41, 5.74) is 3.09. The van der Waals surface area contributed by atoms with Crippen LogP contribution >= 0.6 is 0 Å². The van der Waals surface area contributed by atoms with Crippen LogP contribution in [-0.2, 0) is 4.79 Å². The molecule has 6 heteroatoms. The molecule has 0 fully saturated rings. The highest BCUT2D eigenvalue weighted by molar-refractivity contribution is 5.70. The van der Waals surface area contributed by atoms with Gasteiger partial charge in [0.05, 0.1) is 12.0 Å². The van der Waals surface area contributed by atoms with E-state index in [1.807, 2.05) is 39.0 Å². The standard InChI is InChI=1S/C14H18N4O2/c1-8-6-5-7-9(2)12(8)13-15-16-17-18(13)11(4)10(3)14(19)20/h5-7,10-11H,1-4H3,(H,19,20). The van der Waals surface area contributed by atoms with Crippen molar-refractivity contribution in [2.24, 2.45) is 5.92 Å². The number of aliphatic carboxylic acids is 1. The van der Waals surface area contributed by atoms with Gasteiger partial charge in [0.15, 0.2) is 5.82 Å². The molecule has 2 unspecified atom stereocenters. The maximum Gasteiger partial charge on any atom is 0.308 e. The van der Waals surface area contributed by atoms with Crippen LogP contribution in [0.25, 0.3) is 11.4 Å². The van der Waals surface area contributed by atoms with Crippen LogP contribution in [0, 0.1) is 19.8 Å². The van der Waals surface area contributed by atoms with E-state index in [-0.39, 0.29) is 6.04 Å². The van der Waals surface area contributed by atoms with Gasteiger partial charge in [0, 0.05) is 5.56 Å². The summed E-state index contributed by atoms with van der Waals surface area (Å²) in [6, 6.07) is 5.64. The van der Waals surface area contributed by atoms with E-state index in [0.29, 0.717) is 5.82 Å². The van der Waals surface area contributed by atoms with Crippen molar-refractivity contribution in [2.75, 3.05) is 0 Å². The van der Waals surface area contributed by atoms with Crippen LogP contribution in [-0.4, -0.2) is 31.3 Å². The van der Waals surface area contributed by atoms with Gasteiger partial charge < -0.3 is 5.11 Å². The molecule has 1 aromatic carbocycles. The van der Waals surface area contributed by atoms with Gasteiger partial charge in [-0.3, -0.25) is 4.79 Å². The lowest BCUT2D eigenvalue weighted by molar-refractivity contribution is -0.142. The molecule has 2 atom stereocenters. The van der Waals surface area contributed by atoms with Crippen molar-refractivity contribution < 1.29 is 9.90 Å². The first-order valence-electron chi connectivity index (χ1n) is 6.50. The van der Waals surface area contributed by atoms with E-state index in [1.54, 1.807) is 11.6 Å². The summed E-state index contributed by atoms with van der Waals surface area (Å²) in [7, 11) is 0. The van der Waals surface area contributed by atoms with E-state index in [2.05, 4.69) is 15.5 Å². The molecule has 0 radical (unpaired) electrons. The van der Waals surface area contributed by atoms with Crippen LogP contribution in [0.2, 0.25) is 0 Å². The fourth-order valence-corrected chi connectivity index (χ4v) is 2.22. The molecule has 0 bridgehead atoms. The maximum absolute atomic E-state index is 11.1. The zero-order valence-electron chi connectivity index (χ0n) is 12.0. The Kier molecular flexibility index (Phi) is 3.83. The van der Waals surface area contributed by atoms with Gasteiger partial charge in [-0.1, -0.05) is 18.2 Å². The SMILES string of the molecule is Cc1cccc(C)c1-c1nnnn1C(C)C(C)C(=O)O. The third-order valence-corrected chi connectivity index (χ3v) is 3.70. The Morgan fingerprint density at radius 1 is 1.25 bits per heavy atom. The molecule has 0 saturated heterocycles. The van der Waals surface area contributed by atoms with Crippen LogP contribution in [0.5, 0.6) is 0 Å². The second kappa shape index (κ2) is 5.40. The van der Waals surface area contributed by atoms with Gasteiger partial charge in [0.1, 0.15) is 0 Å². The average molecular weight is 274 g/mol. The Labute approximate surface area is 117 Å². The number of carbonyl (C=O) groups is 1. The third kappa shape index (κ3) is 2.41. The van der Waals surface area contributed by atoms with Crippen molar-refractivity contribution in [2.45, 2.75) is 33.7 Å². The quantitative estimate of drug-likeness (QED) is 0.924. The molecule has 6 nitrogen and oxygen atoms in total. The van der Waals surface area contributed by atoms with Gasteiger partial charge in [-0.05, 0) is 49.2 Å².